The molecule has 2 aromatic carbocycles. The lowest BCUT2D eigenvalue weighted by Gasteiger charge is -2.12. The van der Waals surface area contributed by atoms with Crippen LogP contribution in [0, 0.1) is 6.92 Å². The van der Waals surface area contributed by atoms with Gasteiger partial charge in [-0.05, 0) is 49.9 Å². The van der Waals surface area contributed by atoms with E-state index in [1.165, 1.54) is 12.4 Å². The number of nitrogens with one attached hydrogen (secondary N) is 1. The molecule has 1 aromatic heterocycles. The minimum absolute atomic E-state index is 0.0568. The van der Waals surface area contributed by atoms with Gasteiger partial charge < -0.3 is 25.1 Å². The summed E-state index contributed by atoms with van der Waals surface area (Å²) in [7, 11) is 0. The van der Waals surface area contributed by atoms with Crippen LogP contribution in [0.5, 0.6) is 5.75 Å². The van der Waals surface area contributed by atoms with Gasteiger partial charge in [0.2, 0.25) is 0 Å². The second-order valence-corrected chi connectivity index (χ2v) is 6.78. The molecule has 186 valence electrons. The molecule has 1 aliphatic rings. The molecule has 4 rings (SSSR count). The lowest BCUT2D eigenvalue weighted by molar-refractivity contribution is -0.0980. The number of aliphatic hydroxyl groups is 1. The summed E-state index contributed by atoms with van der Waals surface area (Å²) >= 11 is 5.84. The van der Waals surface area contributed by atoms with Crippen LogP contribution >= 0.6 is 11.6 Å². The average Bonchev–Trinajstić information content (AvgIpc) is 3.35. The molecule has 9 heteroatoms. The zero-order valence-corrected chi connectivity index (χ0v) is 21.3. The monoisotopic (exact) mass is 490 g/mol. The highest BCUT2D eigenvalue weighted by atomic mass is 35.5. The number of ether oxygens (including phenoxy) is 1. The Kier molecular flexibility index (Phi) is 15.8. The number of benzene rings is 2. The Labute approximate surface area is 206 Å². The van der Waals surface area contributed by atoms with E-state index in [-0.39, 0.29) is 11.9 Å². The number of phenols is 1. The molecule has 34 heavy (non-hydrogen) atoms. The summed E-state index contributed by atoms with van der Waals surface area (Å²) in [5.41, 5.74) is 3.00. The van der Waals surface area contributed by atoms with Gasteiger partial charge >= 0.3 is 0 Å². The van der Waals surface area contributed by atoms with Gasteiger partial charge in [0.25, 0.3) is 0 Å². The first-order chi connectivity index (χ1) is 16.5. The molecule has 0 radical (unpaired) electrons. The molecule has 3 aromatic rings. The Hall–Kier alpha value is -3.07. The number of aliphatic hydroxyl groups excluding tert-OH is 1. The van der Waals surface area contributed by atoms with Crippen LogP contribution in [0.3, 0.4) is 0 Å². The fourth-order valence-electron chi connectivity index (χ4n) is 2.82. The Morgan fingerprint density at radius 2 is 1.82 bits per heavy atom. The topological polar surface area (TPSA) is 117 Å². The fraction of sp³-hybridized carbons (Fsp3) is 0.360. The molecule has 0 amide bonds. The van der Waals surface area contributed by atoms with E-state index >= 15 is 0 Å². The summed E-state index contributed by atoms with van der Waals surface area (Å²) < 4.78 is 4.81. The van der Waals surface area contributed by atoms with Crippen LogP contribution < -0.4 is 5.32 Å². The average molecular weight is 491 g/mol. The van der Waals surface area contributed by atoms with Crippen LogP contribution in [0.1, 0.15) is 39.7 Å². The molecule has 0 bridgehead atoms. The van der Waals surface area contributed by atoms with Gasteiger partial charge in [0.05, 0.1) is 29.6 Å². The van der Waals surface area contributed by atoms with Crippen molar-refractivity contribution in [2.75, 3.05) is 18.5 Å². The van der Waals surface area contributed by atoms with Crippen molar-refractivity contribution in [3.8, 4) is 5.75 Å². The third kappa shape index (κ3) is 9.43. The van der Waals surface area contributed by atoms with Gasteiger partial charge in [0.1, 0.15) is 24.7 Å². The van der Waals surface area contributed by atoms with Crippen LogP contribution in [-0.4, -0.2) is 53.0 Å². The summed E-state index contributed by atoms with van der Waals surface area (Å²) in [4.78, 5) is 20.5. The predicted octanol–water partition coefficient (Wildman–Crippen LogP) is 6.01. The van der Waals surface area contributed by atoms with E-state index in [1.807, 2.05) is 53.5 Å². The molecule has 1 fully saturated rings. The number of phenolic OH excluding ortho intramolecular Hbond substituents is 1. The molecular formula is C25H35ClN4O4. The smallest absolute Gasteiger partial charge is 0.142 e. The van der Waals surface area contributed by atoms with Crippen molar-refractivity contribution in [3.05, 3.63) is 47.2 Å². The van der Waals surface area contributed by atoms with E-state index in [1.54, 1.807) is 12.1 Å². The molecule has 1 aliphatic heterocycles. The van der Waals surface area contributed by atoms with Crippen LogP contribution in [0.25, 0.3) is 10.9 Å². The number of nitrogens with zero attached hydrogens (tertiary/aromatic N) is 3. The maximum atomic E-state index is 9.96. The van der Waals surface area contributed by atoms with Crippen molar-refractivity contribution >= 4 is 53.2 Å². The van der Waals surface area contributed by atoms with Crippen LogP contribution in [-0.2, 0) is 9.53 Å². The van der Waals surface area contributed by atoms with E-state index in [0.29, 0.717) is 23.1 Å². The maximum Gasteiger partial charge on any atom is 0.142 e. The maximum absolute atomic E-state index is 9.96. The fourth-order valence-corrected chi connectivity index (χ4v) is 2.99. The number of carbonyl (C=O) groups is 1. The first-order valence-electron chi connectivity index (χ1n) is 11.0. The van der Waals surface area contributed by atoms with E-state index < -0.39 is 0 Å². The SMILES string of the molecule is C=Nc1cc(C)c2c(Nc3ccc(Cl)cc3O)ncnc2c1.C=O.CC.CC.OC1CCOC1. The Morgan fingerprint density at radius 3 is 2.32 bits per heavy atom. The van der Waals surface area contributed by atoms with E-state index in [4.69, 9.17) is 26.2 Å². The Bertz CT molecular complexity index is 1010. The van der Waals surface area contributed by atoms with Crippen molar-refractivity contribution in [2.45, 2.75) is 47.1 Å². The highest BCUT2D eigenvalue weighted by Gasteiger charge is 2.11. The number of rotatable bonds is 3. The number of aliphatic imine (C=N–C) groups is 1. The molecular weight excluding hydrogens is 456 g/mol. The minimum Gasteiger partial charge on any atom is -0.506 e. The summed E-state index contributed by atoms with van der Waals surface area (Å²) in [5, 5.41) is 23.0. The second-order valence-electron chi connectivity index (χ2n) is 6.34. The molecule has 1 atom stereocenters. The second kappa shape index (κ2) is 17.4. The third-order valence-electron chi connectivity index (χ3n) is 4.22. The lowest BCUT2D eigenvalue weighted by atomic mass is 10.1. The number of hydrogen-bond donors (Lipinski definition) is 3. The molecule has 2 heterocycles. The van der Waals surface area contributed by atoms with Gasteiger partial charge in [-0.15, -0.1) is 0 Å². The number of carbonyl (C=O) groups excluding carboxylic acids is 1. The Balaban J connectivity index is 0.000000762. The first-order valence-corrected chi connectivity index (χ1v) is 11.4. The van der Waals surface area contributed by atoms with Crippen molar-refractivity contribution in [1.82, 2.24) is 9.97 Å². The summed E-state index contributed by atoms with van der Waals surface area (Å²) in [5.74, 6) is 0.664. The minimum atomic E-state index is -0.176. The highest BCUT2D eigenvalue weighted by Crippen LogP contribution is 2.33. The molecule has 0 aliphatic carbocycles. The highest BCUT2D eigenvalue weighted by molar-refractivity contribution is 6.30. The number of halogens is 1. The predicted molar refractivity (Wildman–Crippen MR) is 141 cm³/mol. The first kappa shape index (κ1) is 30.9. The molecule has 3 N–H and O–H groups in total. The zero-order chi connectivity index (χ0) is 26.1. The number of hydrogen-bond acceptors (Lipinski definition) is 8. The normalized spacial score (nSPS) is 13.4. The number of aromatic hydroxyl groups is 1. The standard InChI is InChI=1S/C16H13ClN4O.C4H8O2.2C2H6.CH2O/c1-9-5-11(18-2)7-13-15(9)16(20-8-19-13)21-12-4-3-10(17)6-14(12)22;5-4-1-2-6-3-4;3*1-2/h3-8,22H,2H2,1H3,(H,19,20,21);4-5H,1-3H2;2*1-2H3;1H2. The van der Waals surface area contributed by atoms with Crippen LogP contribution in [0.15, 0.2) is 41.7 Å². The van der Waals surface area contributed by atoms with Gasteiger partial charge in [-0.25, -0.2) is 9.97 Å². The lowest BCUT2D eigenvalue weighted by Crippen LogP contribution is -2.02. The van der Waals surface area contributed by atoms with E-state index in [0.717, 1.165) is 35.2 Å². The zero-order valence-electron chi connectivity index (χ0n) is 20.5. The summed E-state index contributed by atoms with van der Waals surface area (Å²) in [6.45, 7) is 16.8. The van der Waals surface area contributed by atoms with Gasteiger partial charge in [-0.1, -0.05) is 39.3 Å². The molecule has 0 spiro atoms. The largest absolute Gasteiger partial charge is 0.506 e. The number of fused-ring (bicyclic) bond motifs is 1. The van der Waals surface area contributed by atoms with Crippen molar-refractivity contribution in [2.24, 2.45) is 4.99 Å². The number of aromatic nitrogens is 2. The van der Waals surface area contributed by atoms with Crippen molar-refractivity contribution in [1.29, 1.82) is 0 Å². The Morgan fingerprint density at radius 1 is 1.15 bits per heavy atom. The summed E-state index contributed by atoms with van der Waals surface area (Å²) in [6, 6.07) is 8.61. The molecule has 1 unspecified atom stereocenters. The quantitative estimate of drug-likeness (QED) is 0.304. The van der Waals surface area contributed by atoms with E-state index in [9.17, 15) is 5.11 Å². The summed E-state index contributed by atoms with van der Waals surface area (Å²) in [6.07, 6.45) is 2.11. The van der Waals surface area contributed by atoms with Crippen molar-refractivity contribution < 1.29 is 19.7 Å². The molecule has 8 nitrogen and oxygen atoms in total. The molecule has 0 saturated carbocycles. The number of aryl methyl sites for hydroxylation is 1. The van der Waals surface area contributed by atoms with Crippen LogP contribution in [0.4, 0.5) is 17.2 Å². The van der Waals surface area contributed by atoms with Crippen molar-refractivity contribution in [3.63, 3.8) is 0 Å². The van der Waals surface area contributed by atoms with Gasteiger partial charge in [-0.3, -0.25) is 4.99 Å². The third-order valence-corrected chi connectivity index (χ3v) is 4.46. The van der Waals surface area contributed by atoms with Gasteiger partial charge in [-0.2, -0.15) is 0 Å². The molecule has 1 saturated heterocycles. The van der Waals surface area contributed by atoms with Gasteiger partial charge in [0, 0.05) is 23.1 Å². The van der Waals surface area contributed by atoms with E-state index in [2.05, 4.69) is 27.0 Å². The van der Waals surface area contributed by atoms with Gasteiger partial charge in [0.15, 0.2) is 0 Å². The number of anilines is 2. The van der Waals surface area contributed by atoms with Crippen LogP contribution in [0.2, 0.25) is 5.02 Å².